The molecule has 0 bridgehead atoms. The molecule has 0 fully saturated rings. The van der Waals surface area contributed by atoms with Crippen LogP contribution in [-0.4, -0.2) is 58.2 Å². The topological polar surface area (TPSA) is 123 Å². The van der Waals surface area contributed by atoms with Crippen molar-refractivity contribution in [1.29, 1.82) is 0 Å². The Morgan fingerprint density at radius 2 is 2.06 bits per heavy atom. The van der Waals surface area contributed by atoms with Gasteiger partial charge in [0.05, 0.1) is 16.8 Å². The fourth-order valence-electron chi connectivity index (χ4n) is 3.01. The Kier molecular flexibility index (Phi) is 5.67. The van der Waals surface area contributed by atoms with Crippen molar-refractivity contribution < 1.29 is 13.3 Å². The predicted octanol–water partition coefficient (Wildman–Crippen LogP) is 2.66. The third-order valence-corrected chi connectivity index (χ3v) is 6.77. The minimum absolute atomic E-state index is 0.121. The molecule has 0 aliphatic carbocycles. The molecule has 0 saturated carbocycles. The summed E-state index contributed by atoms with van der Waals surface area (Å²) in [6.07, 6.45) is 4.81. The zero-order chi connectivity index (χ0) is 22.2. The summed E-state index contributed by atoms with van der Waals surface area (Å²) in [5.41, 5.74) is 2.52. The molecule has 0 spiro atoms. The number of aromatic nitrogens is 5. The van der Waals surface area contributed by atoms with Crippen molar-refractivity contribution in [2.24, 2.45) is 5.16 Å². The van der Waals surface area contributed by atoms with Gasteiger partial charge in [-0.15, -0.1) is 21.5 Å². The number of nitrogens with zero attached hydrogens (tertiary/aromatic N) is 7. The van der Waals surface area contributed by atoms with Gasteiger partial charge in [-0.3, -0.25) is 9.29 Å². The van der Waals surface area contributed by atoms with Gasteiger partial charge in [0.2, 0.25) is 10.0 Å². The van der Waals surface area contributed by atoms with Gasteiger partial charge >= 0.3 is 0 Å². The lowest BCUT2D eigenvalue weighted by molar-refractivity contribution is 0.0855. The average molecular weight is 460 g/mol. The predicted molar refractivity (Wildman–Crippen MR) is 118 cm³/mol. The monoisotopic (exact) mass is 459 g/mol. The van der Waals surface area contributed by atoms with E-state index in [0.717, 1.165) is 27.4 Å². The normalized spacial score (nSPS) is 15.4. The fourth-order valence-corrected chi connectivity index (χ4v) is 4.85. The van der Waals surface area contributed by atoms with E-state index in [4.69, 9.17) is 4.84 Å². The highest BCUT2D eigenvalue weighted by molar-refractivity contribution is 7.92. The molecule has 10 nitrogen and oxygen atoms in total. The van der Waals surface area contributed by atoms with Crippen LogP contribution in [0.4, 0.5) is 5.82 Å². The number of hydrogen-bond donors (Lipinski definition) is 0. The van der Waals surface area contributed by atoms with E-state index in [2.05, 4.69) is 30.3 Å². The number of sulfonamides is 1. The van der Waals surface area contributed by atoms with E-state index in [0.29, 0.717) is 23.7 Å². The van der Waals surface area contributed by atoms with Crippen LogP contribution in [0.3, 0.4) is 0 Å². The second-order valence-electron chi connectivity index (χ2n) is 7.26. The molecule has 0 atom stereocenters. The maximum absolute atomic E-state index is 12.2. The molecule has 0 aromatic carbocycles. The van der Waals surface area contributed by atoms with Crippen molar-refractivity contribution in [3.05, 3.63) is 35.9 Å². The molecule has 162 valence electrons. The highest BCUT2D eigenvalue weighted by Crippen LogP contribution is 2.34. The molecule has 1 aliphatic heterocycles. The summed E-state index contributed by atoms with van der Waals surface area (Å²) in [6, 6.07) is 3.78. The first kappa shape index (κ1) is 21.2. The molecule has 0 radical (unpaired) electrons. The van der Waals surface area contributed by atoms with Gasteiger partial charge in [-0.2, -0.15) is 0 Å². The number of oxime groups is 1. The van der Waals surface area contributed by atoms with Crippen molar-refractivity contribution in [2.75, 3.05) is 17.1 Å². The molecule has 0 N–H and O–H groups in total. The first-order valence-corrected chi connectivity index (χ1v) is 12.2. The highest BCUT2D eigenvalue weighted by Gasteiger charge is 2.32. The summed E-state index contributed by atoms with van der Waals surface area (Å²) in [4.78, 5) is 19.5. The van der Waals surface area contributed by atoms with E-state index in [-0.39, 0.29) is 18.5 Å². The number of pyridine rings is 1. The molecule has 0 amide bonds. The van der Waals surface area contributed by atoms with E-state index in [1.165, 1.54) is 15.6 Å². The Morgan fingerprint density at radius 1 is 1.26 bits per heavy atom. The molecule has 4 rings (SSSR count). The maximum Gasteiger partial charge on any atom is 0.233 e. The maximum atomic E-state index is 12.2. The largest absolute Gasteiger partial charge is 0.393 e. The lowest BCUT2D eigenvalue weighted by Gasteiger charge is -2.27. The van der Waals surface area contributed by atoms with E-state index >= 15 is 0 Å². The molecule has 31 heavy (non-hydrogen) atoms. The molecule has 3 aromatic rings. The Bertz CT molecular complexity index is 1240. The van der Waals surface area contributed by atoms with Crippen LogP contribution < -0.4 is 4.31 Å². The van der Waals surface area contributed by atoms with Crippen LogP contribution in [0.2, 0.25) is 0 Å². The number of aryl methyl sites for hydroxylation is 1. The van der Waals surface area contributed by atoms with Gasteiger partial charge in [0.1, 0.15) is 22.5 Å². The smallest absolute Gasteiger partial charge is 0.233 e. The van der Waals surface area contributed by atoms with Crippen LogP contribution in [-0.2, 0) is 14.9 Å². The first-order valence-electron chi connectivity index (χ1n) is 9.57. The van der Waals surface area contributed by atoms with Gasteiger partial charge in [0, 0.05) is 30.9 Å². The van der Waals surface area contributed by atoms with E-state index in [9.17, 15) is 8.42 Å². The molecule has 3 aromatic heterocycles. The van der Waals surface area contributed by atoms with Crippen molar-refractivity contribution in [3.8, 4) is 21.3 Å². The molecule has 0 unspecified atom stereocenters. The lowest BCUT2D eigenvalue weighted by atomic mass is 10.1. The van der Waals surface area contributed by atoms with Gasteiger partial charge < -0.3 is 4.84 Å². The summed E-state index contributed by atoms with van der Waals surface area (Å²) in [6.45, 7) is 5.79. The van der Waals surface area contributed by atoms with Gasteiger partial charge in [0.15, 0.2) is 11.6 Å². The van der Waals surface area contributed by atoms with Crippen molar-refractivity contribution in [3.63, 3.8) is 0 Å². The quantitative estimate of drug-likeness (QED) is 0.534. The average Bonchev–Trinajstić information content (AvgIpc) is 3.13. The van der Waals surface area contributed by atoms with Gasteiger partial charge in [-0.05, 0) is 32.9 Å². The van der Waals surface area contributed by atoms with Crippen molar-refractivity contribution in [2.45, 2.75) is 33.3 Å². The molecule has 0 saturated heterocycles. The van der Waals surface area contributed by atoms with Gasteiger partial charge in [0.25, 0.3) is 0 Å². The fraction of sp³-hybridized carbons (Fsp3) is 0.368. The third kappa shape index (κ3) is 4.39. The zero-order valence-corrected chi connectivity index (χ0v) is 19.1. The van der Waals surface area contributed by atoms with Gasteiger partial charge in [-0.1, -0.05) is 5.16 Å². The minimum atomic E-state index is -3.53. The lowest BCUT2D eigenvalue weighted by Crippen LogP contribution is -2.38. The van der Waals surface area contributed by atoms with Crippen molar-refractivity contribution >= 4 is 32.9 Å². The zero-order valence-electron chi connectivity index (χ0n) is 17.5. The minimum Gasteiger partial charge on any atom is -0.393 e. The summed E-state index contributed by atoms with van der Waals surface area (Å²) in [7, 11) is -3.53. The summed E-state index contributed by atoms with van der Waals surface area (Å²) in [5, 5.41) is 13.4. The number of anilines is 1. The Balaban J connectivity index is 1.81. The van der Waals surface area contributed by atoms with Crippen LogP contribution in [0.5, 0.6) is 0 Å². The van der Waals surface area contributed by atoms with Crippen LogP contribution in [0.15, 0.2) is 29.7 Å². The Morgan fingerprint density at radius 3 is 2.74 bits per heavy atom. The molecular formula is C19H21N7O3S2. The number of hydrogen-bond acceptors (Lipinski definition) is 10. The van der Waals surface area contributed by atoms with Crippen LogP contribution >= 0.6 is 11.3 Å². The van der Waals surface area contributed by atoms with E-state index in [1.807, 2.05) is 32.9 Å². The number of fused-ring (bicyclic) bond motifs is 1. The second-order valence-corrected chi connectivity index (χ2v) is 10.2. The summed E-state index contributed by atoms with van der Waals surface area (Å²) < 4.78 is 25.7. The Hall–Kier alpha value is -2.99. The molecule has 4 heterocycles. The molecular weight excluding hydrogens is 438 g/mol. The van der Waals surface area contributed by atoms with E-state index in [1.54, 1.807) is 12.4 Å². The summed E-state index contributed by atoms with van der Waals surface area (Å²) >= 11 is 1.42. The molecule has 1 aliphatic rings. The number of thiazole rings is 1. The summed E-state index contributed by atoms with van der Waals surface area (Å²) in [5.74, 6) is 0.509. The standard InChI is InChI=1S/C19H21N7O3S2/c1-11(2)29-25-14-7-9-26(31(4,27)28)18-15(14)22-17(23-24-18)16-12(3)21-19(30-16)13-6-5-8-20-10-13/h5-6,8,10-11H,7,9H2,1-4H3. The first-order chi connectivity index (χ1) is 14.7. The second kappa shape index (κ2) is 8.27. The third-order valence-electron chi connectivity index (χ3n) is 4.41. The highest BCUT2D eigenvalue weighted by atomic mass is 32.2. The van der Waals surface area contributed by atoms with Crippen LogP contribution in [0.25, 0.3) is 21.3 Å². The molecule has 12 heteroatoms. The van der Waals surface area contributed by atoms with Gasteiger partial charge in [-0.25, -0.2) is 18.4 Å². The number of rotatable bonds is 5. The Labute approximate surface area is 184 Å². The van der Waals surface area contributed by atoms with Crippen LogP contribution in [0.1, 0.15) is 31.7 Å². The van der Waals surface area contributed by atoms with E-state index < -0.39 is 10.0 Å². The van der Waals surface area contributed by atoms with Crippen LogP contribution in [0, 0.1) is 6.92 Å². The SMILES string of the molecule is Cc1nc(-c2cccnc2)sc1-c1nnc2c(n1)C(=NOC(C)C)CCN2S(C)(=O)=O. The van der Waals surface area contributed by atoms with Crippen molar-refractivity contribution in [1.82, 2.24) is 25.1 Å².